The SMILES string of the molecule is Cc1ccc([C@@]2(C)NC(=O)N(CC(=O)Oc3c(C)cccc3C)C2=O)cc1. The third kappa shape index (κ3) is 3.43. The van der Waals surface area contributed by atoms with Crippen LogP contribution in [0.1, 0.15) is 29.2 Å². The molecule has 1 atom stereocenters. The predicted molar refractivity (Wildman–Crippen MR) is 100 cm³/mol. The lowest BCUT2D eigenvalue weighted by Gasteiger charge is -2.22. The Morgan fingerprint density at radius 2 is 1.63 bits per heavy atom. The first-order chi connectivity index (χ1) is 12.7. The Morgan fingerprint density at radius 1 is 1.04 bits per heavy atom. The Balaban J connectivity index is 1.77. The van der Waals surface area contributed by atoms with E-state index < -0.39 is 30.0 Å². The quantitative estimate of drug-likeness (QED) is 0.513. The molecule has 0 aromatic heterocycles. The number of carbonyl (C=O) groups is 3. The summed E-state index contributed by atoms with van der Waals surface area (Å²) in [6, 6.07) is 12.3. The summed E-state index contributed by atoms with van der Waals surface area (Å²) < 4.78 is 5.41. The van der Waals surface area contributed by atoms with Crippen molar-refractivity contribution in [1.82, 2.24) is 10.2 Å². The normalized spacial score (nSPS) is 19.2. The first-order valence-corrected chi connectivity index (χ1v) is 8.70. The number of rotatable bonds is 4. The molecule has 3 rings (SSSR count). The van der Waals surface area contributed by atoms with Gasteiger partial charge in [-0.3, -0.25) is 9.69 Å². The summed E-state index contributed by atoms with van der Waals surface area (Å²) in [5.74, 6) is -0.685. The molecule has 1 aliphatic heterocycles. The second-order valence-corrected chi connectivity index (χ2v) is 7.01. The number of aryl methyl sites for hydroxylation is 3. The van der Waals surface area contributed by atoms with Crippen molar-refractivity contribution >= 4 is 17.9 Å². The molecule has 0 unspecified atom stereocenters. The van der Waals surface area contributed by atoms with Crippen LogP contribution in [0, 0.1) is 20.8 Å². The maximum atomic E-state index is 12.9. The molecule has 0 bridgehead atoms. The van der Waals surface area contributed by atoms with Gasteiger partial charge >= 0.3 is 12.0 Å². The van der Waals surface area contributed by atoms with Gasteiger partial charge in [-0.25, -0.2) is 9.59 Å². The fourth-order valence-electron chi connectivity index (χ4n) is 3.16. The van der Waals surface area contributed by atoms with E-state index in [9.17, 15) is 14.4 Å². The minimum absolute atomic E-state index is 0.445. The number of imide groups is 1. The first kappa shape index (κ1) is 18.6. The number of ether oxygens (including phenoxy) is 1. The first-order valence-electron chi connectivity index (χ1n) is 8.70. The summed E-state index contributed by atoms with van der Waals surface area (Å²) in [6.45, 7) is 6.79. The highest BCUT2D eigenvalue weighted by atomic mass is 16.5. The van der Waals surface area contributed by atoms with Crippen molar-refractivity contribution in [2.45, 2.75) is 33.2 Å². The van der Waals surface area contributed by atoms with Crippen molar-refractivity contribution in [1.29, 1.82) is 0 Å². The summed E-state index contributed by atoms with van der Waals surface area (Å²) in [5.41, 5.74) is 2.13. The maximum absolute atomic E-state index is 12.9. The van der Waals surface area contributed by atoms with Crippen LogP contribution >= 0.6 is 0 Å². The molecule has 140 valence electrons. The third-order valence-corrected chi connectivity index (χ3v) is 4.82. The smallest absolute Gasteiger partial charge is 0.331 e. The largest absolute Gasteiger partial charge is 0.425 e. The van der Waals surface area contributed by atoms with E-state index in [4.69, 9.17) is 4.74 Å². The molecule has 1 heterocycles. The second-order valence-electron chi connectivity index (χ2n) is 7.01. The standard InChI is InChI=1S/C21H22N2O4/c1-13-8-10-16(11-9-13)21(4)19(25)23(20(26)22-21)12-17(24)27-18-14(2)6-5-7-15(18)3/h5-11H,12H2,1-4H3,(H,22,26)/t21-/m1/s1. The molecule has 6 nitrogen and oxygen atoms in total. The molecule has 27 heavy (non-hydrogen) atoms. The van der Waals surface area contributed by atoms with Crippen molar-refractivity contribution in [3.05, 3.63) is 64.7 Å². The van der Waals surface area contributed by atoms with Gasteiger partial charge < -0.3 is 10.1 Å². The van der Waals surface area contributed by atoms with Crippen molar-refractivity contribution in [3.8, 4) is 5.75 Å². The number of nitrogens with one attached hydrogen (secondary N) is 1. The topological polar surface area (TPSA) is 75.7 Å². The molecule has 2 aromatic carbocycles. The molecule has 3 amide bonds. The lowest BCUT2D eigenvalue weighted by molar-refractivity contribution is -0.141. The van der Waals surface area contributed by atoms with E-state index in [1.54, 1.807) is 19.1 Å². The molecule has 0 radical (unpaired) electrons. The van der Waals surface area contributed by atoms with E-state index >= 15 is 0 Å². The Kier molecular flexibility index (Phi) is 4.74. The fourth-order valence-corrected chi connectivity index (χ4v) is 3.16. The molecular formula is C21H22N2O4. The monoisotopic (exact) mass is 366 g/mol. The number of esters is 1. The molecule has 1 aliphatic rings. The summed E-state index contributed by atoms with van der Waals surface area (Å²) >= 11 is 0. The van der Waals surface area contributed by atoms with Gasteiger partial charge in [0, 0.05) is 0 Å². The maximum Gasteiger partial charge on any atom is 0.331 e. The zero-order valence-electron chi connectivity index (χ0n) is 15.8. The predicted octanol–water partition coefficient (Wildman–Crippen LogP) is 2.98. The van der Waals surface area contributed by atoms with Crippen molar-refractivity contribution in [3.63, 3.8) is 0 Å². The van der Waals surface area contributed by atoms with Crippen LogP contribution in [0.5, 0.6) is 5.75 Å². The van der Waals surface area contributed by atoms with Crippen LogP contribution in [0.25, 0.3) is 0 Å². The van der Waals surface area contributed by atoms with Gasteiger partial charge in [0.1, 0.15) is 17.8 Å². The van der Waals surface area contributed by atoms with Gasteiger partial charge in [0.15, 0.2) is 0 Å². The van der Waals surface area contributed by atoms with Crippen LogP contribution in [0.15, 0.2) is 42.5 Å². The van der Waals surface area contributed by atoms with Crippen LogP contribution < -0.4 is 10.1 Å². The van der Waals surface area contributed by atoms with Crippen molar-refractivity contribution in [2.24, 2.45) is 0 Å². The average molecular weight is 366 g/mol. The van der Waals surface area contributed by atoms with Crippen LogP contribution in [-0.4, -0.2) is 29.4 Å². The van der Waals surface area contributed by atoms with E-state index in [-0.39, 0.29) is 0 Å². The second kappa shape index (κ2) is 6.87. The molecular weight excluding hydrogens is 344 g/mol. The number of amides is 3. The van der Waals surface area contributed by atoms with Crippen LogP contribution in [0.2, 0.25) is 0 Å². The number of nitrogens with zero attached hydrogens (tertiary/aromatic N) is 1. The highest BCUT2D eigenvalue weighted by Gasteiger charge is 2.49. The molecule has 1 saturated heterocycles. The van der Waals surface area contributed by atoms with Crippen molar-refractivity contribution in [2.75, 3.05) is 6.54 Å². The molecule has 0 aliphatic carbocycles. The van der Waals surface area contributed by atoms with E-state index in [0.717, 1.165) is 21.6 Å². The summed E-state index contributed by atoms with van der Waals surface area (Å²) in [6.07, 6.45) is 0. The minimum atomic E-state index is -1.20. The lowest BCUT2D eigenvalue weighted by Crippen LogP contribution is -2.42. The van der Waals surface area contributed by atoms with Gasteiger partial charge in [0.2, 0.25) is 0 Å². The average Bonchev–Trinajstić information content (AvgIpc) is 2.83. The van der Waals surface area contributed by atoms with E-state index in [2.05, 4.69) is 5.32 Å². The lowest BCUT2D eigenvalue weighted by atomic mass is 9.91. The number of hydrogen-bond acceptors (Lipinski definition) is 4. The number of benzene rings is 2. The minimum Gasteiger partial charge on any atom is -0.425 e. The van der Waals surface area contributed by atoms with Gasteiger partial charge in [-0.05, 0) is 44.4 Å². The fraction of sp³-hybridized carbons (Fsp3) is 0.286. The molecule has 0 saturated carbocycles. The van der Waals surface area contributed by atoms with Crippen LogP contribution in [0.3, 0.4) is 0 Å². The number of hydrogen-bond donors (Lipinski definition) is 1. The summed E-state index contributed by atoms with van der Waals surface area (Å²) in [5, 5.41) is 2.69. The summed E-state index contributed by atoms with van der Waals surface area (Å²) in [4.78, 5) is 38.5. The highest BCUT2D eigenvalue weighted by Crippen LogP contribution is 2.29. The molecule has 0 spiro atoms. The Bertz CT molecular complexity index is 900. The van der Waals surface area contributed by atoms with E-state index in [0.29, 0.717) is 11.3 Å². The molecule has 1 N–H and O–H groups in total. The third-order valence-electron chi connectivity index (χ3n) is 4.82. The molecule has 2 aromatic rings. The van der Waals surface area contributed by atoms with Gasteiger partial charge in [0.25, 0.3) is 5.91 Å². The Labute approximate surface area is 158 Å². The number of urea groups is 1. The zero-order valence-corrected chi connectivity index (χ0v) is 15.8. The van der Waals surface area contributed by atoms with Crippen molar-refractivity contribution < 1.29 is 19.1 Å². The van der Waals surface area contributed by atoms with E-state index in [1.807, 2.05) is 51.1 Å². The van der Waals surface area contributed by atoms with E-state index in [1.165, 1.54) is 0 Å². The van der Waals surface area contributed by atoms with Gasteiger partial charge in [0.05, 0.1) is 0 Å². The number of carbonyl (C=O) groups excluding carboxylic acids is 3. The van der Waals surface area contributed by atoms with Gasteiger partial charge in [-0.15, -0.1) is 0 Å². The highest BCUT2D eigenvalue weighted by molar-refractivity contribution is 6.08. The Hall–Kier alpha value is -3.15. The summed E-state index contributed by atoms with van der Waals surface area (Å²) in [7, 11) is 0. The Morgan fingerprint density at radius 3 is 2.22 bits per heavy atom. The number of para-hydroxylation sites is 1. The van der Waals surface area contributed by atoms with Crippen LogP contribution in [0.4, 0.5) is 4.79 Å². The molecule has 1 fully saturated rings. The molecule has 6 heteroatoms. The zero-order chi connectivity index (χ0) is 19.8. The van der Waals surface area contributed by atoms with Gasteiger partial charge in [-0.2, -0.15) is 0 Å². The van der Waals surface area contributed by atoms with Gasteiger partial charge in [-0.1, -0.05) is 48.0 Å². The van der Waals surface area contributed by atoms with Crippen LogP contribution in [-0.2, 0) is 15.1 Å².